The Hall–Kier alpha value is -0.0800. The maximum Gasteiger partial charge on any atom is 0.224 e. The highest BCUT2D eigenvalue weighted by Crippen LogP contribution is 2.29. The largest absolute Gasteiger partial charge is 0.330 e. The van der Waals surface area contributed by atoms with Crippen LogP contribution in [0, 0.1) is 11.8 Å². The van der Waals surface area contributed by atoms with E-state index in [1.165, 1.54) is 0 Å². The zero-order valence-corrected chi connectivity index (χ0v) is 7.31. The molecule has 0 aliphatic heterocycles. The van der Waals surface area contributed by atoms with Crippen LogP contribution in [0.15, 0.2) is 0 Å². The van der Waals surface area contributed by atoms with Crippen molar-refractivity contribution in [1.82, 2.24) is 0 Å². The molecule has 0 aromatic heterocycles. The smallest absolute Gasteiger partial charge is 0.224 e. The normalized spacial score (nSPS) is 31.8. The Balaban J connectivity index is 2.30. The zero-order valence-electron chi connectivity index (χ0n) is 6.55. The highest BCUT2D eigenvalue weighted by atomic mass is 35.5. The summed E-state index contributed by atoms with van der Waals surface area (Å²) >= 11 is 5.38. The first-order valence-electron chi connectivity index (χ1n) is 4.13. The van der Waals surface area contributed by atoms with Gasteiger partial charge in [0.05, 0.1) is 0 Å². The second-order valence-electron chi connectivity index (χ2n) is 3.26. The molecule has 3 heteroatoms. The van der Waals surface area contributed by atoms with Crippen LogP contribution < -0.4 is 5.73 Å². The van der Waals surface area contributed by atoms with Gasteiger partial charge in [0.25, 0.3) is 0 Å². The lowest BCUT2D eigenvalue weighted by Gasteiger charge is -2.24. The van der Waals surface area contributed by atoms with Gasteiger partial charge in [0.1, 0.15) is 0 Å². The van der Waals surface area contributed by atoms with Gasteiger partial charge in [-0.3, -0.25) is 4.79 Å². The van der Waals surface area contributed by atoms with Crippen molar-refractivity contribution in [3.8, 4) is 0 Å². The summed E-state index contributed by atoms with van der Waals surface area (Å²) in [5, 5.41) is -0.166. The monoisotopic (exact) mass is 175 g/mol. The van der Waals surface area contributed by atoms with Crippen LogP contribution in [0.25, 0.3) is 0 Å². The Kier molecular flexibility index (Phi) is 3.34. The first kappa shape index (κ1) is 9.01. The summed E-state index contributed by atoms with van der Waals surface area (Å²) in [5.41, 5.74) is 5.51. The molecule has 0 heterocycles. The molecule has 0 saturated heterocycles. The highest BCUT2D eigenvalue weighted by Gasteiger charge is 2.23. The molecule has 0 aromatic carbocycles. The summed E-state index contributed by atoms with van der Waals surface area (Å²) in [6.45, 7) is 0.753. The molecule has 11 heavy (non-hydrogen) atoms. The number of carbonyl (C=O) groups excluding carboxylic acids is 1. The number of hydrogen-bond donors (Lipinski definition) is 1. The molecule has 1 rings (SSSR count). The van der Waals surface area contributed by atoms with Crippen LogP contribution in [0.2, 0.25) is 0 Å². The van der Waals surface area contributed by atoms with E-state index in [-0.39, 0.29) is 11.2 Å². The second kappa shape index (κ2) is 4.07. The molecule has 0 aromatic rings. The standard InChI is InChI=1S/C8H14ClNO/c9-8(11)7-3-1-6(5-10)2-4-7/h6-7H,1-5,10H2. The van der Waals surface area contributed by atoms with E-state index >= 15 is 0 Å². The lowest BCUT2D eigenvalue weighted by Crippen LogP contribution is -2.23. The SMILES string of the molecule is NCC1CCC(C(=O)Cl)CC1. The van der Waals surface area contributed by atoms with E-state index in [2.05, 4.69) is 0 Å². The van der Waals surface area contributed by atoms with Crippen LogP contribution in [0.5, 0.6) is 0 Å². The van der Waals surface area contributed by atoms with Crippen LogP contribution in [0.1, 0.15) is 25.7 Å². The molecule has 1 saturated carbocycles. The average molecular weight is 176 g/mol. The number of nitrogens with two attached hydrogens (primary N) is 1. The van der Waals surface area contributed by atoms with Gasteiger partial charge in [-0.25, -0.2) is 0 Å². The molecule has 2 N–H and O–H groups in total. The minimum Gasteiger partial charge on any atom is -0.330 e. The molecular formula is C8H14ClNO. The van der Waals surface area contributed by atoms with E-state index in [1.54, 1.807) is 0 Å². The van der Waals surface area contributed by atoms with Crippen molar-refractivity contribution >= 4 is 16.8 Å². The van der Waals surface area contributed by atoms with E-state index in [0.29, 0.717) is 5.92 Å². The van der Waals surface area contributed by atoms with E-state index in [4.69, 9.17) is 17.3 Å². The maximum atomic E-state index is 10.7. The molecule has 0 unspecified atom stereocenters. The van der Waals surface area contributed by atoms with E-state index in [1.807, 2.05) is 0 Å². The minimum absolute atomic E-state index is 0.111. The Bertz CT molecular complexity index is 141. The third-order valence-corrected chi connectivity index (χ3v) is 2.81. The summed E-state index contributed by atoms with van der Waals surface area (Å²) < 4.78 is 0. The van der Waals surface area contributed by atoms with Gasteiger partial charge in [-0.1, -0.05) is 0 Å². The summed E-state index contributed by atoms with van der Waals surface area (Å²) in [5.74, 6) is 0.738. The molecule has 0 bridgehead atoms. The third kappa shape index (κ3) is 2.46. The predicted octanol–water partition coefficient (Wildman–Crippen LogP) is 1.52. The Morgan fingerprint density at radius 1 is 1.36 bits per heavy atom. The van der Waals surface area contributed by atoms with Crippen molar-refractivity contribution in [1.29, 1.82) is 0 Å². The average Bonchev–Trinajstić information content (AvgIpc) is 2.05. The quantitative estimate of drug-likeness (QED) is 0.647. The third-order valence-electron chi connectivity index (χ3n) is 2.50. The fourth-order valence-electron chi connectivity index (χ4n) is 1.63. The molecule has 0 atom stereocenters. The summed E-state index contributed by atoms with van der Waals surface area (Å²) in [4.78, 5) is 10.7. The summed E-state index contributed by atoms with van der Waals surface area (Å²) in [6, 6.07) is 0. The van der Waals surface area contributed by atoms with Crippen molar-refractivity contribution in [2.45, 2.75) is 25.7 Å². The van der Waals surface area contributed by atoms with Crippen molar-refractivity contribution < 1.29 is 4.79 Å². The fraction of sp³-hybridized carbons (Fsp3) is 0.875. The van der Waals surface area contributed by atoms with Crippen molar-refractivity contribution in [3.63, 3.8) is 0 Å². The van der Waals surface area contributed by atoms with Gasteiger partial charge in [0.15, 0.2) is 0 Å². The summed E-state index contributed by atoms with van der Waals surface area (Å²) in [7, 11) is 0. The van der Waals surface area contributed by atoms with Gasteiger partial charge in [-0.15, -0.1) is 0 Å². The first-order chi connectivity index (χ1) is 5.24. The number of carbonyl (C=O) groups is 1. The van der Waals surface area contributed by atoms with Crippen LogP contribution in [0.3, 0.4) is 0 Å². The van der Waals surface area contributed by atoms with E-state index in [0.717, 1.165) is 32.2 Å². The van der Waals surface area contributed by atoms with Gasteiger partial charge >= 0.3 is 0 Å². The lowest BCUT2D eigenvalue weighted by molar-refractivity contribution is -0.116. The summed E-state index contributed by atoms with van der Waals surface area (Å²) in [6.07, 6.45) is 4.01. The van der Waals surface area contributed by atoms with Crippen LogP contribution in [-0.2, 0) is 4.79 Å². The zero-order chi connectivity index (χ0) is 8.27. The molecule has 64 valence electrons. The Labute approximate surface area is 72.1 Å². The van der Waals surface area contributed by atoms with E-state index < -0.39 is 0 Å². The van der Waals surface area contributed by atoms with Crippen LogP contribution in [0.4, 0.5) is 0 Å². The van der Waals surface area contributed by atoms with Crippen molar-refractivity contribution in [3.05, 3.63) is 0 Å². The molecule has 0 spiro atoms. The molecule has 2 nitrogen and oxygen atoms in total. The van der Waals surface area contributed by atoms with Gasteiger partial charge in [-0.2, -0.15) is 0 Å². The first-order valence-corrected chi connectivity index (χ1v) is 4.51. The molecule has 1 aliphatic carbocycles. The molecule has 1 fully saturated rings. The van der Waals surface area contributed by atoms with Gasteiger partial charge < -0.3 is 5.73 Å². The molecule has 0 radical (unpaired) electrons. The topological polar surface area (TPSA) is 43.1 Å². The lowest BCUT2D eigenvalue weighted by atomic mass is 9.83. The van der Waals surface area contributed by atoms with Crippen molar-refractivity contribution in [2.75, 3.05) is 6.54 Å². The number of hydrogen-bond acceptors (Lipinski definition) is 2. The molecular weight excluding hydrogens is 162 g/mol. The van der Waals surface area contributed by atoms with Crippen LogP contribution in [-0.4, -0.2) is 11.8 Å². The Morgan fingerprint density at radius 2 is 1.91 bits per heavy atom. The van der Waals surface area contributed by atoms with E-state index in [9.17, 15) is 4.79 Å². The maximum absolute atomic E-state index is 10.7. The number of halogens is 1. The second-order valence-corrected chi connectivity index (χ2v) is 3.63. The van der Waals surface area contributed by atoms with Gasteiger partial charge in [0.2, 0.25) is 5.24 Å². The fourth-order valence-corrected chi connectivity index (χ4v) is 1.84. The minimum atomic E-state index is -0.166. The van der Waals surface area contributed by atoms with Gasteiger partial charge in [0, 0.05) is 5.92 Å². The van der Waals surface area contributed by atoms with Crippen LogP contribution >= 0.6 is 11.6 Å². The molecule has 0 amide bonds. The molecule has 1 aliphatic rings. The number of rotatable bonds is 2. The van der Waals surface area contributed by atoms with Crippen molar-refractivity contribution in [2.24, 2.45) is 17.6 Å². The predicted molar refractivity (Wildman–Crippen MR) is 45.4 cm³/mol. The highest BCUT2D eigenvalue weighted by molar-refractivity contribution is 6.63. The van der Waals surface area contributed by atoms with Gasteiger partial charge in [-0.05, 0) is 49.7 Å². The Morgan fingerprint density at radius 3 is 2.27 bits per heavy atom.